The van der Waals surface area contributed by atoms with Gasteiger partial charge >= 0.3 is 0 Å². The van der Waals surface area contributed by atoms with Gasteiger partial charge in [-0.3, -0.25) is 19.3 Å². The minimum Gasteiger partial charge on any atom is -0.391 e. The third-order valence-electron chi connectivity index (χ3n) is 5.21. The highest BCUT2D eigenvalue weighted by atomic mass is 16.3. The fourth-order valence-corrected chi connectivity index (χ4v) is 3.82. The molecule has 2 heterocycles. The van der Waals surface area contributed by atoms with Crippen molar-refractivity contribution in [3.05, 3.63) is 70.8 Å². The Labute approximate surface area is 157 Å². The largest absolute Gasteiger partial charge is 0.391 e. The van der Waals surface area contributed by atoms with Gasteiger partial charge in [0.15, 0.2) is 0 Å². The number of carbonyl (C=O) groups is 3. The van der Waals surface area contributed by atoms with E-state index in [-0.39, 0.29) is 30.3 Å². The molecule has 2 atom stereocenters. The van der Waals surface area contributed by atoms with Gasteiger partial charge in [0.1, 0.15) is 0 Å². The summed E-state index contributed by atoms with van der Waals surface area (Å²) in [5.41, 5.74) is 2.03. The lowest BCUT2D eigenvalue weighted by Crippen LogP contribution is -2.34. The number of likely N-dealkylation sites (tertiary alicyclic amines) is 1. The van der Waals surface area contributed by atoms with Crippen LogP contribution in [-0.4, -0.2) is 51.3 Å². The maximum absolute atomic E-state index is 12.8. The van der Waals surface area contributed by atoms with Gasteiger partial charge in [0.25, 0.3) is 17.7 Å². The average molecular weight is 364 g/mol. The van der Waals surface area contributed by atoms with Gasteiger partial charge < -0.3 is 10.0 Å². The first-order valence-corrected chi connectivity index (χ1v) is 8.99. The summed E-state index contributed by atoms with van der Waals surface area (Å²) in [5.74, 6) is -0.782. The van der Waals surface area contributed by atoms with Crippen molar-refractivity contribution in [2.75, 3.05) is 6.54 Å². The molecule has 1 fully saturated rings. The molecule has 0 aliphatic carbocycles. The Morgan fingerprint density at radius 3 is 2.33 bits per heavy atom. The van der Waals surface area contributed by atoms with E-state index in [1.54, 1.807) is 53.4 Å². The van der Waals surface area contributed by atoms with Crippen molar-refractivity contribution in [2.24, 2.45) is 0 Å². The van der Waals surface area contributed by atoms with Crippen LogP contribution in [-0.2, 0) is 6.54 Å². The van der Waals surface area contributed by atoms with E-state index < -0.39 is 6.10 Å². The second-order valence-electron chi connectivity index (χ2n) is 7.14. The van der Waals surface area contributed by atoms with Crippen LogP contribution in [0.25, 0.3) is 0 Å². The van der Waals surface area contributed by atoms with Gasteiger partial charge in [-0.25, -0.2) is 0 Å². The molecule has 0 radical (unpaired) electrons. The lowest BCUT2D eigenvalue weighted by atomic mass is 10.1. The zero-order valence-electron chi connectivity index (χ0n) is 15.0. The number of amides is 3. The molecule has 0 bridgehead atoms. The summed E-state index contributed by atoms with van der Waals surface area (Å²) >= 11 is 0. The third kappa shape index (κ3) is 3.02. The Hall–Kier alpha value is -2.99. The molecule has 4 rings (SSSR count). The molecule has 3 amide bonds. The zero-order chi connectivity index (χ0) is 19.1. The number of rotatable bonds is 3. The van der Waals surface area contributed by atoms with Crippen LogP contribution in [0.15, 0.2) is 48.5 Å². The fourth-order valence-electron chi connectivity index (χ4n) is 3.82. The predicted octanol–water partition coefficient (Wildman–Crippen LogP) is 2.08. The number of hydrogen-bond donors (Lipinski definition) is 1. The smallest absolute Gasteiger partial charge is 0.261 e. The molecular formula is C21H20N2O4. The summed E-state index contributed by atoms with van der Waals surface area (Å²) in [4.78, 5) is 40.7. The summed E-state index contributed by atoms with van der Waals surface area (Å²) in [6, 6.07) is 13.7. The highest BCUT2D eigenvalue weighted by molar-refractivity contribution is 6.21. The molecule has 2 aromatic rings. The number of benzene rings is 2. The molecule has 138 valence electrons. The molecule has 6 nitrogen and oxygen atoms in total. The first kappa shape index (κ1) is 17.4. The van der Waals surface area contributed by atoms with Crippen LogP contribution in [0.4, 0.5) is 0 Å². The highest BCUT2D eigenvalue weighted by Gasteiger charge is 2.35. The Bertz CT molecular complexity index is 904. The molecule has 2 unspecified atom stereocenters. The van der Waals surface area contributed by atoms with E-state index in [1.165, 1.54) is 4.90 Å². The number of β-amino-alcohol motifs (C(OH)–C–C–N with tert-alkyl or cyclic N) is 1. The molecule has 2 aromatic carbocycles. The third-order valence-corrected chi connectivity index (χ3v) is 5.21. The SMILES string of the molecule is CC1CC(O)CN1C(=O)c1cccc(CN2C(=O)c3ccccc3C2=O)c1. The van der Waals surface area contributed by atoms with Crippen molar-refractivity contribution in [1.29, 1.82) is 0 Å². The van der Waals surface area contributed by atoms with Crippen LogP contribution >= 0.6 is 0 Å². The lowest BCUT2D eigenvalue weighted by molar-refractivity contribution is 0.0642. The van der Waals surface area contributed by atoms with Crippen molar-refractivity contribution >= 4 is 17.7 Å². The first-order valence-electron chi connectivity index (χ1n) is 8.99. The van der Waals surface area contributed by atoms with Crippen molar-refractivity contribution in [2.45, 2.75) is 32.0 Å². The molecule has 1 N–H and O–H groups in total. The van der Waals surface area contributed by atoms with E-state index in [0.717, 1.165) is 0 Å². The monoisotopic (exact) mass is 364 g/mol. The van der Waals surface area contributed by atoms with Crippen LogP contribution in [0.2, 0.25) is 0 Å². The maximum Gasteiger partial charge on any atom is 0.261 e. The van der Waals surface area contributed by atoms with E-state index >= 15 is 0 Å². The second-order valence-corrected chi connectivity index (χ2v) is 7.14. The number of hydrogen-bond acceptors (Lipinski definition) is 4. The minimum absolute atomic E-state index is 0.0209. The Morgan fingerprint density at radius 1 is 1.07 bits per heavy atom. The molecule has 0 aromatic heterocycles. The van der Waals surface area contributed by atoms with E-state index in [0.29, 0.717) is 35.2 Å². The summed E-state index contributed by atoms with van der Waals surface area (Å²) in [6.45, 7) is 2.35. The molecule has 2 aliphatic rings. The van der Waals surface area contributed by atoms with Crippen molar-refractivity contribution in [3.8, 4) is 0 Å². The second kappa shape index (κ2) is 6.63. The first-order chi connectivity index (χ1) is 13.0. The van der Waals surface area contributed by atoms with Crippen LogP contribution in [0, 0.1) is 0 Å². The van der Waals surface area contributed by atoms with E-state index in [4.69, 9.17) is 0 Å². The molecular weight excluding hydrogens is 344 g/mol. The predicted molar refractivity (Wildman–Crippen MR) is 98.2 cm³/mol. The quantitative estimate of drug-likeness (QED) is 0.846. The van der Waals surface area contributed by atoms with Crippen LogP contribution in [0.3, 0.4) is 0 Å². The van der Waals surface area contributed by atoms with Crippen molar-refractivity contribution in [3.63, 3.8) is 0 Å². The van der Waals surface area contributed by atoms with E-state index in [2.05, 4.69) is 0 Å². The van der Waals surface area contributed by atoms with E-state index in [9.17, 15) is 19.5 Å². The van der Waals surface area contributed by atoms with Gasteiger partial charge in [-0.1, -0.05) is 24.3 Å². The molecule has 2 aliphatic heterocycles. The van der Waals surface area contributed by atoms with Crippen LogP contribution in [0.5, 0.6) is 0 Å². The number of imide groups is 1. The molecule has 0 spiro atoms. The van der Waals surface area contributed by atoms with Gasteiger partial charge in [-0.15, -0.1) is 0 Å². The number of aliphatic hydroxyl groups excluding tert-OH is 1. The van der Waals surface area contributed by atoms with Gasteiger partial charge in [0, 0.05) is 18.2 Å². The molecule has 6 heteroatoms. The molecule has 0 saturated carbocycles. The topological polar surface area (TPSA) is 77.9 Å². The van der Waals surface area contributed by atoms with Gasteiger partial charge in [0.05, 0.1) is 23.8 Å². The van der Waals surface area contributed by atoms with Gasteiger partial charge in [0.2, 0.25) is 0 Å². The average Bonchev–Trinajstić information content (AvgIpc) is 3.13. The number of carbonyl (C=O) groups excluding carboxylic acids is 3. The lowest BCUT2D eigenvalue weighted by Gasteiger charge is -2.21. The Morgan fingerprint density at radius 2 is 1.74 bits per heavy atom. The van der Waals surface area contributed by atoms with Crippen molar-refractivity contribution < 1.29 is 19.5 Å². The Kier molecular flexibility index (Phi) is 4.28. The zero-order valence-corrected chi connectivity index (χ0v) is 15.0. The minimum atomic E-state index is -0.495. The summed E-state index contributed by atoms with van der Waals surface area (Å²) in [5, 5.41) is 9.78. The molecule has 1 saturated heterocycles. The summed E-state index contributed by atoms with van der Waals surface area (Å²) in [7, 11) is 0. The molecule has 27 heavy (non-hydrogen) atoms. The van der Waals surface area contributed by atoms with Gasteiger partial charge in [-0.05, 0) is 43.2 Å². The van der Waals surface area contributed by atoms with Crippen LogP contribution in [0.1, 0.15) is 50.0 Å². The number of aliphatic hydroxyl groups is 1. The van der Waals surface area contributed by atoms with E-state index in [1.807, 2.05) is 6.92 Å². The van der Waals surface area contributed by atoms with Crippen molar-refractivity contribution in [1.82, 2.24) is 9.80 Å². The fraction of sp³-hybridized carbons (Fsp3) is 0.286. The Balaban J connectivity index is 1.55. The van der Waals surface area contributed by atoms with Crippen LogP contribution < -0.4 is 0 Å². The van der Waals surface area contributed by atoms with Gasteiger partial charge in [-0.2, -0.15) is 0 Å². The highest BCUT2D eigenvalue weighted by Crippen LogP contribution is 2.25. The number of nitrogens with zero attached hydrogens (tertiary/aromatic N) is 2. The summed E-state index contributed by atoms with van der Waals surface area (Å²) < 4.78 is 0. The number of fused-ring (bicyclic) bond motifs is 1. The normalized spacial score (nSPS) is 21.7. The maximum atomic E-state index is 12.8. The summed E-state index contributed by atoms with van der Waals surface area (Å²) in [6.07, 6.45) is 0.0750. The standard InChI is InChI=1S/C21H20N2O4/c1-13-9-16(24)12-22(13)19(25)15-6-4-5-14(10-15)11-23-20(26)17-7-2-3-8-18(17)21(23)27/h2-8,10,13,16,24H,9,11-12H2,1H3.